The largest absolute Gasteiger partial charge is 0.507 e. The highest BCUT2D eigenvalue weighted by atomic mass is 35.5. The maximum atomic E-state index is 12.8. The first kappa shape index (κ1) is 39.3. The SMILES string of the molecule is CCNC(=O)c1noc(-c2cc(Cl)c(O)cc2O)c1NC(=O)c1ccc(OC)cc1.CCNC(=O)c1noc(-c2cc(Cl)c(O)cc2O)c1NC(C)=O. The molecule has 0 spiro atoms. The number of phenols is 4. The molecular formula is C34H32Cl2N6O11. The number of rotatable bonds is 10. The Labute approximate surface area is 310 Å². The van der Waals surface area contributed by atoms with Crippen LogP contribution in [0.5, 0.6) is 28.7 Å². The molecule has 53 heavy (non-hydrogen) atoms. The monoisotopic (exact) mass is 770 g/mol. The van der Waals surface area contributed by atoms with Crippen molar-refractivity contribution in [1.82, 2.24) is 20.9 Å². The van der Waals surface area contributed by atoms with Gasteiger partial charge in [0, 0.05) is 37.7 Å². The molecule has 0 radical (unpaired) electrons. The van der Waals surface area contributed by atoms with E-state index >= 15 is 0 Å². The van der Waals surface area contributed by atoms with Gasteiger partial charge in [-0.15, -0.1) is 0 Å². The summed E-state index contributed by atoms with van der Waals surface area (Å²) in [6.45, 7) is 5.38. The van der Waals surface area contributed by atoms with E-state index < -0.39 is 23.6 Å². The summed E-state index contributed by atoms with van der Waals surface area (Å²) < 4.78 is 15.4. The molecule has 4 amide bonds. The number of methoxy groups -OCH3 is 1. The van der Waals surface area contributed by atoms with Crippen molar-refractivity contribution in [3.8, 4) is 51.4 Å². The number of amides is 4. The molecule has 5 aromatic rings. The minimum absolute atomic E-state index is 0.000469. The normalized spacial score (nSPS) is 10.5. The number of anilines is 2. The Balaban J connectivity index is 0.000000245. The molecule has 5 rings (SSSR count). The second-order valence-electron chi connectivity index (χ2n) is 10.7. The second-order valence-corrected chi connectivity index (χ2v) is 11.5. The minimum atomic E-state index is -0.582. The smallest absolute Gasteiger partial charge is 0.275 e. The van der Waals surface area contributed by atoms with Crippen LogP contribution in [-0.4, -0.2) is 74.6 Å². The van der Waals surface area contributed by atoms with Gasteiger partial charge in [0.25, 0.3) is 17.7 Å². The van der Waals surface area contributed by atoms with E-state index in [0.717, 1.165) is 12.1 Å². The van der Waals surface area contributed by atoms with Crippen LogP contribution in [0.2, 0.25) is 10.0 Å². The molecule has 8 N–H and O–H groups in total. The zero-order chi connectivity index (χ0) is 39.0. The van der Waals surface area contributed by atoms with Crippen LogP contribution in [0.25, 0.3) is 22.6 Å². The Bertz CT molecular complexity index is 2170. The van der Waals surface area contributed by atoms with Gasteiger partial charge in [-0.2, -0.15) is 0 Å². The Morgan fingerprint density at radius 3 is 1.51 bits per heavy atom. The van der Waals surface area contributed by atoms with Crippen molar-refractivity contribution in [2.45, 2.75) is 20.8 Å². The number of benzene rings is 3. The van der Waals surface area contributed by atoms with Crippen molar-refractivity contribution in [1.29, 1.82) is 0 Å². The number of aromatic nitrogens is 2. The van der Waals surface area contributed by atoms with Gasteiger partial charge in [0.2, 0.25) is 5.91 Å². The zero-order valence-electron chi connectivity index (χ0n) is 28.3. The number of halogens is 2. The molecule has 0 bridgehead atoms. The third-order valence-corrected chi connectivity index (χ3v) is 7.61. The zero-order valence-corrected chi connectivity index (χ0v) is 29.8. The number of phenolic OH excluding ortho intramolecular Hbond substituents is 4. The molecule has 0 atom stereocenters. The van der Waals surface area contributed by atoms with Gasteiger partial charge in [-0.05, 0) is 50.2 Å². The number of aromatic hydroxyl groups is 4. The Hall–Kier alpha value is -6.46. The molecule has 0 saturated heterocycles. The number of ether oxygens (including phenoxy) is 1. The summed E-state index contributed by atoms with van der Waals surface area (Å²) in [5.41, 5.74) is 0.0144. The highest BCUT2D eigenvalue weighted by Crippen LogP contribution is 2.43. The summed E-state index contributed by atoms with van der Waals surface area (Å²) in [5, 5.41) is 56.7. The first-order chi connectivity index (χ1) is 25.2. The van der Waals surface area contributed by atoms with Crippen LogP contribution in [0.3, 0.4) is 0 Å². The Morgan fingerprint density at radius 1 is 0.679 bits per heavy atom. The molecular weight excluding hydrogens is 739 g/mol. The third kappa shape index (κ3) is 9.07. The standard InChI is InChI=1S/C20H18ClN3O6.C14H14ClN3O5/c1-3-22-20(28)17-16(23-19(27)10-4-6-11(29-2)7-5-10)18(30-24-17)12-8-13(21)15(26)9-14(12)25;1-3-16-14(22)12-11(17-6(2)19)13(23-18-12)7-4-8(15)10(21)5-9(7)20/h4-9,25-26H,3H2,1-2H3,(H,22,28)(H,23,27);4-5,20-21H,3H2,1-2H3,(H,16,22)(H,17,19). The van der Waals surface area contributed by atoms with E-state index in [4.69, 9.17) is 37.0 Å². The maximum absolute atomic E-state index is 12.8. The van der Waals surface area contributed by atoms with Gasteiger partial charge in [0.15, 0.2) is 22.9 Å². The molecule has 0 aliphatic heterocycles. The average molecular weight is 772 g/mol. The van der Waals surface area contributed by atoms with Crippen molar-refractivity contribution < 1.29 is 53.4 Å². The number of hydrogen-bond donors (Lipinski definition) is 8. The van der Waals surface area contributed by atoms with E-state index in [1.165, 1.54) is 26.2 Å². The molecule has 19 heteroatoms. The summed E-state index contributed by atoms with van der Waals surface area (Å²) in [6.07, 6.45) is 0. The summed E-state index contributed by atoms with van der Waals surface area (Å²) >= 11 is 11.8. The quantitative estimate of drug-likeness (QED) is 0.0870. The Kier molecular flexibility index (Phi) is 12.7. The van der Waals surface area contributed by atoms with Crippen LogP contribution in [0, 0.1) is 0 Å². The molecule has 0 fully saturated rings. The number of nitrogens with zero attached hydrogens (tertiary/aromatic N) is 2. The molecule has 0 unspecified atom stereocenters. The maximum Gasteiger partial charge on any atom is 0.275 e. The highest BCUT2D eigenvalue weighted by molar-refractivity contribution is 6.32. The number of nitrogens with one attached hydrogen (secondary N) is 4. The summed E-state index contributed by atoms with van der Waals surface area (Å²) in [4.78, 5) is 48.5. The molecule has 3 aromatic carbocycles. The first-order valence-corrected chi connectivity index (χ1v) is 16.2. The van der Waals surface area contributed by atoms with E-state index in [2.05, 4.69) is 31.6 Å². The summed E-state index contributed by atoms with van der Waals surface area (Å²) in [7, 11) is 1.51. The van der Waals surface area contributed by atoms with E-state index in [0.29, 0.717) is 18.8 Å². The average Bonchev–Trinajstić information content (AvgIpc) is 3.72. The Morgan fingerprint density at radius 2 is 1.11 bits per heavy atom. The van der Waals surface area contributed by atoms with Crippen molar-refractivity contribution in [3.63, 3.8) is 0 Å². The van der Waals surface area contributed by atoms with Crippen LogP contribution in [0.15, 0.2) is 57.6 Å². The fraction of sp³-hybridized carbons (Fsp3) is 0.176. The number of carbonyl (C=O) groups excluding carboxylic acids is 4. The molecule has 0 saturated carbocycles. The van der Waals surface area contributed by atoms with E-state index in [1.54, 1.807) is 38.1 Å². The molecule has 0 aliphatic carbocycles. The van der Waals surface area contributed by atoms with E-state index in [9.17, 15) is 39.6 Å². The van der Waals surface area contributed by atoms with Crippen molar-refractivity contribution in [3.05, 3.63) is 75.5 Å². The van der Waals surface area contributed by atoms with Crippen LogP contribution in [0.1, 0.15) is 52.1 Å². The van der Waals surface area contributed by atoms with Crippen LogP contribution >= 0.6 is 23.2 Å². The minimum Gasteiger partial charge on any atom is -0.507 e. The van der Waals surface area contributed by atoms with Gasteiger partial charge < -0.3 is 55.5 Å². The van der Waals surface area contributed by atoms with Crippen LogP contribution in [-0.2, 0) is 4.79 Å². The number of hydrogen-bond acceptors (Lipinski definition) is 13. The van der Waals surface area contributed by atoms with E-state index in [-0.39, 0.29) is 84.0 Å². The van der Waals surface area contributed by atoms with E-state index in [1.807, 2.05) is 0 Å². The van der Waals surface area contributed by atoms with Gasteiger partial charge in [0.1, 0.15) is 40.1 Å². The third-order valence-electron chi connectivity index (χ3n) is 7.00. The van der Waals surface area contributed by atoms with Crippen molar-refractivity contribution >= 4 is 58.2 Å². The van der Waals surface area contributed by atoms with Gasteiger partial charge >= 0.3 is 0 Å². The highest BCUT2D eigenvalue weighted by Gasteiger charge is 2.28. The predicted molar refractivity (Wildman–Crippen MR) is 192 cm³/mol. The lowest BCUT2D eigenvalue weighted by atomic mass is 10.1. The topological polar surface area (TPSA) is 259 Å². The van der Waals surface area contributed by atoms with Gasteiger partial charge in [-0.25, -0.2) is 0 Å². The fourth-order valence-corrected chi connectivity index (χ4v) is 4.88. The molecule has 0 aliphatic rings. The van der Waals surface area contributed by atoms with Gasteiger partial charge in [0.05, 0.1) is 28.3 Å². The molecule has 2 heterocycles. The lowest BCUT2D eigenvalue weighted by Gasteiger charge is -2.09. The molecule has 278 valence electrons. The van der Waals surface area contributed by atoms with Crippen molar-refractivity contribution in [2.75, 3.05) is 30.8 Å². The molecule has 17 nitrogen and oxygen atoms in total. The lowest BCUT2D eigenvalue weighted by Crippen LogP contribution is -2.25. The first-order valence-electron chi connectivity index (χ1n) is 15.4. The second kappa shape index (κ2) is 17.2. The van der Waals surface area contributed by atoms with Crippen LogP contribution in [0.4, 0.5) is 11.4 Å². The lowest BCUT2D eigenvalue weighted by molar-refractivity contribution is -0.114. The van der Waals surface area contributed by atoms with Gasteiger partial charge in [-0.3, -0.25) is 19.2 Å². The van der Waals surface area contributed by atoms with Crippen LogP contribution < -0.4 is 26.0 Å². The predicted octanol–water partition coefficient (Wildman–Crippen LogP) is 5.53. The summed E-state index contributed by atoms with van der Waals surface area (Å²) in [5.74, 6) is -3.10. The number of carbonyl (C=O) groups is 4. The van der Waals surface area contributed by atoms with Crippen molar-refractivity contribution in [2.24, 2.45) is 0 Å². The fourth-order valence-electron chi connectivity index (χ4n) is 4.55. The van der Waals surface area contributed by atoms with Gasteiger partial charge in [-0.1, -0.05) is 33.5 Å². The molecule has 2 aromatic heterocycles. The summed E-state index contributed by atoms with van der Waals surface area (Å²) in [6, 6.07) is 10.8.